The Balaban J connectivity index is 2.36. The fourth-order valence-corrected chi connectivity index (χ4v) is 4.15. The molecule has 6 nitrogen and oxygen atoms in total. The van der Waals surface area contributed by atoms with Crippen molar-refractivity contribution in [2.24, 2.45) is 0 Å². The maximum atomic E-state index is 12.9. The monoisotopic (exact) mass is 442 g/mol. The van der Waals surface area contributed by atoms with Crippen molar-refractivity contribution in [3.05, 3.63) is 57.5 Å². The highest BCUT2D eigenvalue weighted by atomic mass is 32.1. The number of anilines is 1. The summed E-state index contributed by atoms with van der Waals surface area (Å²) in [5.41, 5.74) is 2.77. The van der Waals surface area contributed by atoms with Crippen molar-refractivity contribution in [2.75, 3.05) is 18.4 Å². The van der Waals surface area contributed by atoms with E-state index in [1.165, 1.54) is 6.08 Å². The van der Waals surface area contributed by atoms with E-state index in [2.05, 4.69) is 5.32 Å². The first-order valence-electron chi connectivity index (χ1n) is 10.4. The lowest BCUT2D eigenvalue weighted by molar-refractivity contribution is -0.111. The van der Waals surface area contributed by atoms with Crippen molar-refractivity contribution in [1.29, 1.82) is 0 Å². The Kier molecular flexibility index (Phi) is 8.56. The third-order valence-electron chi connectivity index (χ3n) is 4.68. The number of amides is 2. The van der Waals surface area contributed by atoms with Crippen LogP contribution >= 0.6 is 11.3 Å². The van der Waals surface area contributed by atoms with E-state index in [0.29, 0.717) is 28.5 Å². The smallest absolute Gasteiger partial charge is 0.341 e. The number of carbonyl (C=O) groups is 3. The number of hydrogen-bond donors (Lipinski definition) is 1. The standard InChI is InChI=1S/C24H30N2O4S/c1-7-26(8-2)23(28)21-17(6)20(24(29)30-15(3)4)22(31-21)25-19(27)14-13-18-11-9-16(5)10-12-18/h9-15H,7-8H2,1-6H3,(H,25,27)/b14-13-. The summed E-state index contributed by atoms with van der Waals surface area (Å²) in [5.74, 6) is -1.11. The second kappa shape index (κ2) is 10.9. The van der Waals surface area contributed by atoms with Gasteiger partial charge in [-0.05, 0) is 58.7 Å². The van der Waals surface area contributed by atoms with Gasteiger partial charge in [-0.15, -0.1) is 11.3 Å². The Labute approximate surface area is 187 Å². The highest BCUT2D eigenvalue weighted by molar-refractivity contribution is 7.18. The number of carbonyl (C=O) groups excluding carboxylic acids is 3. The summed E-state index contributed by atoms with van der Waals surface area (Å²) in [6.45, 7) is 12.1. The number of aryl methyl sites for hydroxylation is 1. The second-order valence-corrected chi connectivity index (χ2v) is 8.45. The molecule has 0 atom stereocenters. The molecule has 2 rings (SSSR count). The average molecular weight is 443 g/mol. The van der Waals surface area contributed by atoms with Crippen LogP contribution in [-0.2, 0) is 9.53 Å². The largest absolute Gasteiger partial charge is 0.459 e. The van der Waals surface area contributed by atoms with Gasteiger partial charge in [0.25, 0.3) is 5.91 Å². The molecule has 2 amide bonds. The minimum absolute atomic E-state index is 0.165. The van der Waals surface area contributed by atoms with Crippen molar-refractivity contribution in [1.82, 2.24) is 4.90 Å². The molecule has 0 unspecified atom stereocenters. The normalized spacial score (nSPS) is 11.1. The van der Waals surface area contributed by atoms with Crippen molar-refractivity contribution in [3.63, 3.8) is 0 Å². The molecule has 0 aliphatic rings. The van der Waals surface area contributed by atoms with Gasteiger partial charge < -0.3 is 15.0 Å². The molecule has 0 radical (unpaired) electrons. The van der Waals surface area contributed by atoms with Crippen LogP contribution in [0, 0.1) is 13.8 Å². The number of benzene rings is 1. The molecule has 0 aliphatic heterocycles. The van der Waals surface area contributed by atoms with E-state index in [9.17, 15) is 14.4 Å². The molecule has 0 bridgehead atoms. The van der Waals surface area contributed by atoms with Crippen LogP contribution < -0.4 is 5.32 Å². The van der Waals surface area contributed by atoms with Gasteiger partial charge in [-0.3, -0.25) is 9.59 Å². The fraction of sp³-hybridized carbons (Fsp3) is 0.375. The molecule has 1 aromatic heterocycles. The predicted molar refractivity (Wildman–Crippen MR) is 126 cm³/mol. The Morgan fingerprint density at radius 2 is 1.71 bits per heavy atom. The number of nitrogens with one attached hydrogen (secondary N) is 1. The zero-order valence-electron chi connectivity index (χ0n) is 18.9. The number of hydrogen-bond acceptors (Lipinski definition) is 5. The summed E-state index contributed by atoms with van der Waals surface area (Å²) in [4.78, 5) is 40.3. The Morgan fingerprint density at radius 3 is 2.26 bits per heavy atom. The van der Waals surface area contributed by atoms with Crippen LogP contribution in [0.15, 0.2) is 30.3 Å². The Morgan fingerprint density at radius 1 is 1.10 bits per heavy atom. The predicted octanol–water partition coefficient (Wildman–Crippen LogP) is 5.06. The van der Waals surface area contributed by atoms with Crippen LogP contribution in [0.4, 0.5) is 5.00 Å². The zero-order chi connectivity index (χ0) is 23.1. The second-order valence-electron chi connectivity index (χ2n) is 7.43. The topological polar surface area (TPSA) is 75.7 Å². The molecule has 1 heterocycles. The number of thiophene rings is 1. The average Bonchev–Trinajstić information content (AvgIpc) is 3.03. The molecule has 0 spiro atoms. The quantitative estimate of drug-likeness (QED) is 0.458. The van der Waals surface area contributed by atoms with Gasteiger partial charge in [-0.1, -0.05) is 29.8 Å². The molecule has 1 aromatic carbocycles. The summed E-state index contributed by atoms with van der Waals surface area (Å²) in [7, 11) is 0. The SMILES string of the molecule is CCN(CC)C(=O)c1sc(NC(=O)/C=C\c2ccc(C)cc2)c(C(=O)OC(C)C)c1C. The van der Waals surface area contributed by atoms with Gasteiger partial charge in [0.2, 0.25) is 5.91 Å². The van der Waals surface area contributed by atoms with E-state index in [4.69, 9.17) is 4.74 Å². The van der Waals surface area contributed by atoms with Crippen molar-refractivity contribution < 1.29 is 19.1 Å². The van der Waals surface area contributed by atoms with Gasteiger partial charge >= 0.3 is 5.97 Å². The molecule has 1 N–H and O–H groups in total. The van der Waals surface area contributed by atoms with Crippen LogP contribution in [0.2, 0.25) is 0 Å². The summed E-state index contributed by atoms with van der Waals surface area (Å²) in [6.07, 6.45) is 2.78. The summed E-state index contributed by atoms with van der Waals surface area (Å²) < 4.78 is 5.36. The molecule has 0 saturated carbocycles. The van der Waals surface area contributed by atoms with Gasteiger partial charge in [0.1, 0.15) is 5.00 Å². The minimum atomic E-state index is -0.555. The van der Waals surface area contributed by atoms with Gasteiger partial charge in [0, 0.05) is 19.2 Å². The van der Waals surface area contributed by atoms with Crippen molar-refractivity contribution >= 4 is 40.2 Å². The van der Waals surface area contributed by atoms with Crippen molar-refractivity contribution in [2.45, 2.75) is 47.6 Å². The van der Waals surface area contributed by atoms with E-state index in [-0.39, 0.29) is 23.5 Å². The summed E-state index contributed by atoms with van der Waals surface area (Å²) >= 11 is 1.10. The van der Waals surface area contributed by atoms with Crippen LogP contribution in [0.1, 0.15) is 64.4 Å². The molecule has 31 heavy (non-hydrogen) atoms. The number of ether oxygens (including phenoxy) is 1. The Bertz CT molecular complexity index is 970. The van der Waals surface area contributed by atoms with E-state index < -0.39 is 5.97 Å². The van der Waals surface area contributed by atoms with Gasteiger partial charge in [0.15, 0.2) is 0 Å². The third-order valence-corrected chi connectivity index (χ3v) is 5.88. The van der Waals surface area contributed by atoms with Crippen LogP contribution in [0.25, 0.3) is 6.08 Å². The van der Waals surface area contributed by atoms with Gasteiger partial charge in [0.05, 0.1) is 16.5 Å². The third kappa shape index (κ3) is 6.28. The lowest BCUT2D eigenvalue weighted by atomic mass is 10.1. The number of rotatable bonds is 8. The lowest BCUT2D eigenvalue weighted by Crippen LogP contribution is -2.30. The summed E-state index contributed by atoms with van der Waals surface area (Å²) in [6, 6.07) is 7.76. The fourth-order valence-electron chi connectivity index (χ4n) is 2.98. The van der Waals surface area contributed by atoms with Crippen LogP contribution in [0.3, 0.4) is 0 Å². The van der Waals surface area contributed by atoms with E-state index in [1.807, 2.05) is 45.0 Å². The highest BCUT2D eigenvalue weighted by Crippen LogP contribution is 2.35. The molecule has 7 heteroatoms. The lowest BCUT2D eigenvalue weighted by Gasteiger charge is -2.18. The van der Waals surface area contributed by atoms with Gasteiger partial charge in [-0.2, -0.15) is 0 Å². The molecule has 0 saturated heterocycles. The first-order valence-corrected chi connectivity index (χ1v) is 11.2. The van der Waals surface area contributed by atoms with E-state index in [0.717, 1.165) is 22.5 Å². The molecular weight excluding hydrogens is 412 g/mol. The number of esters is 1. The number of nitrogens with zero attached hydrogens (tertiary/aromatic N) is 1. The molecule has 2 aromatic rings. The minimum Gasteiger partial charge on any atom is -0.459 e. The van der Waals surface area contributed by atoms with Crippen molar-refractivity contribution in [3.8, 4) is 0 Å². The molecule has 0 fully saturated rings. The summed E-state index contributed by atoms with van der Waals surface area (Å²) in [5, 5.41) is 3.08. The van der Waals surface area contributed by atoms with Crippen LogP contribution in [-0.4, -0.2) is 41.9 Å². The zero-order valence-corrected chi connectivity index (χ0v) is 19.8. The molecule has 166 valence electrons. The first kappa shape index (κ1) is 24.3. The van der Waals surface area contributed by atoms with Crippen LogP contribution in [0.5, 0.6) is 0 Å². The molecular formula is C24H30N2O4S. The highest BCUT2D eigenvalue weighted by Gasteiger charge is 2.28. The molecule has 0 aliphatic carbocycles. The van der Waals surface area contributed by atoms with Gasteiger partial charge in [-0.25, -0.2) is 4.79 Å². The maximum Gasteiger partial charge on any atom is 0.341 e. The first-order chi connectivity index (χ1) is 14.7. The Hall–Kier alpha value is -2.93. The van der Waals surface area contributed by atoms with E-state index >= 15 is 0 Å². The maximum absolute atomic E-state index is 12.9. The van der Waals surface area contributed by atoms with E-state index in [1.54, 1.807) is 31.7 Å².